The van der Waals surface area contributed by atoms with Gasteiger partial charge >= 0.3 is 11.9 Å². The van der Waals surface area contributed by atoms with E-state index in [1.165, 1.54) is 24.8 Å². The molecule has 178 valence electrons. The van der Waals surface area contributed by atoms with E-state index in [2.05, 4.69) is 36.2 Å². The van der Waals surface area contributed by atoms with E-state index in [4.69, 9.17) is 9.47 Å². The van der Waals surface area contributed by atoms with Gasteiger partial charge in [0.25, 0.3) is 0 Å². The third kappa shape index (κ3) is 10.5. The Labute approximate surface area is 198 Å². The summed E-state index contributed by atoms with van der Waals surface area (Å²) >= 11 is 0. The van der Waals surface area contributed by atoms with Gasteiger partial charge in [0.15, 0.2) is 0 Å². The number of allylic oxidation sites excluding steroid dienone is 2. The van der Waals surface area contributed by atoms with Crippen LogP contribution in [0, 0.1) is 0 Å². The lowest BCUT2D eigenvalue weighted by atomic mass is 10.0. The average molecular weight is 452 g/mol. The first-order valence-corrected chi connectivity index (χ1v) is 12.1. The standard InChI is InChI=1S/C28H37NO4/c1-4-6-7-8-9-10-11-12-28(31)33-25-19-20-26(29-21-25)24-17-15-23(16-18-24)14-13-22(3)32-27(30)5-2/h9-10,15-22H,4-8,11-14H2,1-3H3/b10-9+. The SMILES string of the molecule is CCCCC/C=C/CCC(=O)Oc1ccc(-c2ccc(CCC(C)OC(=O)CC)cc2)nc1. The average Bonchev–Trinajstić information content (AvgIpc) is 2.83. The zero-order chi connectivity index (χ0) is 23.9. The van der Waals surface area contributed by atoms with Gasteiger partial charge in [0.1, 0.15) is 5.75 Å². The molecule has 1 aromatic heterocycles. The Morgan fingerprint density at radius 1 is 0.970 bits per heavy atom. The number of esters is 2. The van der Waals surface area contributed by atoms with Crippen LogP contribution < -0.4 is 4.74 Å². The zero-order valence-electron chi connectivity index (χ0n) is 20.2. The number of hydrogen-bond acceptors (Lipinski definition) is 5. The first-order valence-electron chi connectivity index (χ1n) is 12.1. The Balaban J connectivity index is 1.77. The molecule has 0 bridgehead atoms. The van der Waals surface area contributed by atoms with E-state index in [-0.39, 0.29) is 18.0 Å². The van der Waals surface area contributed by atoms with Gasteiger partial charge in [-0.1, -0.05) is 63.1 Å². The zero-order valence-corrected chi connectivity index (χ0v) is 20.2. The molecule has 0 aliphatic heterocycles. The molecule has 2 rings (SSSR count). The molecular weight excluding hydrogens is 414 g/mol. The molecule has 0 spiro atoms. The molecule has 0 saturated carbocycles. The van der Waals surface area contributed by atoms with Gasteiger partial charge in [-0.15, -0.1) is 0 Å². The van der Waals surface area contributed by atoms with Crippen LogP contribution in [0.5, 0.6) is 5.75 Å². The van der Waals surface area contributed by atoms with E-state index < -0.39 is 0 Å². The van der Waals surface area contributed by atoms with Gasteiger partial charge in [-0.25, -0.2) is 0 Å². The second kappa shape index (κ2) is 15.0. The number of aromatic nitrogens is 1. The summed E-state index contributed by atoms with van der Waals surface area (Å²) in [6.07, 6.45) is 13.5. The van der Waals surface area contributed by atoms with Crippen molar-refractivity contribution in [2.75, 3.05) is 0 Å². The van der Waals surface area contributed by atoms with Crippen LogP contribution in [0.1, 0.15) is 77.7 Å². The Hall–Kier alpha value is -2.95. The molecule has 1 unspecified atom stereocenters. The van der Waals surface area contributed by atoms with Gasteiger partial charge in [-0.05, 0) is 56.7 Å². The highest BCUT2D eigenvalue weighted by Gasteiger charge is 2.09. The Morgan fingerprint density at radius 3 is 2.39 bits per heavy atom. The fraction of sp³-hybridized carbons (Fsp3) is 0.464. The lowest BCUT2D eigenvalue weighted by Gasteiger charge is -2.12. The molecular formula is C28H37NO4. The van der Waals surface area contributed by atoms with E-state index in [9.17, 15) is 9.59 Å². The Kier molecular flexibility index (Phi) is 11.9. The third-order valence-corrected chi connectivity index (χ3v) is 5.33. The molecule has 1 aromatic carbocycles. The molecule has 0 saturated heterocycles. The van der Waals surface area contributed by atoms with Crippen molar-refractivity contribution in [3.8, 4) is 17.0 Å². The largest absolute Gasteiger partial charge is 0.463 e. The third-order valence-electron chi connectivity index (χ3n) is 5.33. The van der Waals surface area contributed by atoms with Crippen molar-refractivity contribution in [2.45, 2.75) is 84.7 Å². The summed E-state index contributed by atoms with van der Waals surface area (Å²) in [6, 6.07) is 11.8. The van der Waals surface area contributed by atoms with Crippen molar-refractivity contribution in [1.82, 2.24) is 4.98 Å². The Bertz CT molecular complexity index is 872. The first-order chi connectivity index (χ1) is 16.0. The van der Waals surface area contributed by atoms with E-state index >= 15 is 0 Å². The summed E-state index contributed by atoms with van der Waals surface area (Å²) < 4.78 is 10.7. The van der Waals surface area contributed by atoms with E-state index in [0.29, 0.717) is 25.0 Å². The van der Waals surface area contributed by atoms with Gasteiger partial charge in [0, 0.05) is 18.4 Å². The number of carbonyl (C=O) groups is 2. The summed E-state index contributed by atoms with van der Waals surface area (Å²) in [5.41, 5.74) is 3.00. The summed E-state index contributed by atoms with van der Waals surface area (Å²) in [5, 5.41) is 0. The first kappa shape index (κ1) is 26.3. The smallest absolute Gasteiger partial charge is 0.311 e. The number of ether oxygens (including phenoxy) is 2. The number of hydrogen-bond donors (Lipinski definition) is 0. The fourth-order valence-electron chi connectivity index (χ4n) is 3.32. The highest BCUT2D eigenvalue weighted by atomic mass is 16.5. The quantitative estimate of drug-likeness (QED) is 0.179. The van der Waals surface area contributed by atoms with Crippen molar-refractivity contribution in [3.63, 3.8) is 0 Å². The van der Waals surface area contributed by atoms with Crippen molar-refractivity contribution in [2.24, 2.45) is 0 Å². The predicted molar refractivity (Wildman–Crippen MR) is 132 cm³/mol. The number of unbranched alkanes of at least 4 members (excludes halogenated alkanes) is 3. The van der Waals surface area contributed by atoms with Crippen molar-refractivity contribution in [3.05, 3.63) is 60.3 Å². The number of nitrogens with zero attached hydrogens (tertiary/aromatic N) is 1. The molecule has 0 fully saturated rings. The molecule has 0 aliphatic rings. The van der Waals surface area contributed by atoms with Crippen LogP contribution in [0.15, 0.2) is 54.7 Å². The molecule has 1 atom stereocenters. The maximum Gasteiger partial charge on any atom is 0.311 e. The molecule has 5 heteroatoms. The van der Waals surface area contributed by atoms with Gasteiger partial charge in [-0.3, -0.25) is 14.6 Å². The number of rotatable bonds is 14. The molecule has 0 N–H and O–H groups in total. The lowest BCUT2D eigenvalue weighted by Crippen LogP contribution is -2.14. The maximum atomic E-state index is 12.0. The van der Waals surface area contributed by atoms with Crippen LogP contribution >= 0.6 is 0 Å². The maximum absolute atomic E-state index is 12.0. The van der Waals surface area contributed by atoms with Crippen LogP contribution in [0.25, 0.3) is 11.3 Å². The van der Waals surface area contributed by atoms with Crippen molar-refractivity contribution < 1.29 is 19.1 Å². The van der Waals surface area contributed by atoms with E-state index in [1.54, 1.807) is 19.2 Å². The second-order valence-corrected chi connectivity index (χ2v) is 8.25. The highest BCUT2D eigenvalue weighted by Crippen LogP contribution is 2.21. The molecule has 33 heavy (non-hydrogen) atoms. The molecule has 0 radical (unpaired) electrons. The van der Waals surface area contributed by atoms with Crippen LogP contribution in [0.4, 0.5) is 0 Å². The second-order valence-electron chi connectivity index (χ2n) is 8.25. The molecule has 0 aliphatic carbocycles. The summed E-state index contributed by atoms with van der Waals surface area (Å²) in [5.74, 6) is 0.0570. The minimum absolute atomic E-state index is 0.0872. The lowest BCUT2D eigenvalue weighted by molar-refractivity contribution is -0.148. The van der Waals surface area contributed by atoms with E-state index in [0.717, 1.165) is 30.5 Å². The number of carbonyl (C=O) groups excluding carboxylic acids is 2. The van der Waals surface area contributed by atoms with Crippen LogP contribution in [-0.2, 0) is 20.7 Å². The number of pyridine rings is 1. The number of benzene rings is 1. The summed E-state index contributed by atoms with van der Waals surface area (Å²) in [7, 11) is 0. The van der Waals surface area contributed by atoms with Gasteiger partial charge in [0.05, 0.1) is 18.0 Å². The van der Waals surface area contributed by atoms with Gasteiger partial charge in [-0.2, -0.15) is 0 Å². The van der Waals surface area contributed by atoms with Gasteiger partial charge < -0.3 is 9.47 Å². The minimum atomic E-state index is -0.244. The van der Waals surface area contributed by atoms with Crippen LogP contribution in [0.3, 0.4) is 0 Å². The minimum Gasteiger partial charge on any atom is -0.463 e. The fourth-order valence-corrected chi connectivity index (χ4v) is 3.32. The Morgan fingerprint density at radius 2 is 1.73 bits per heavy atom. The topological polar surface area (TPSA) is 65.5 Å². The van der Waals surface area contributed by atoms with Gasteiger partial charge in [0.2, 0.25) is 0 Å². The number of aryl methyl sites for hydroxylation is 1. The van der Waals surface area contributed by atoms with E-state index in [1.807, 2.05) is 25.1 Å². The highest BCUT2D eigenvalue weighted by molar-refractivity contribution is 5.72. The predicted octanol–water partition coefficient (Wildman–Crippen LogP) is 6.85. The molecule has 0 amide bonds. The van der Waals surface area contributed by atoms with Crippen LogP contribution in [0.2, 0.25) is 0 Å². The van der Waals surface area contributed by atoms with Crippen molar-refractivity contribution in [1.29, 1.82) is 0 Å². The van der Waals surface area contributed by atoms with Crippen LogP contribution in [-0.4, -0.2) is 23.0 Å². The molecule has 2 aromatic rings. The summed E-state index contributed by atoms with van der Waals surface area (Å²) in [6.45, 7) is 5.91. The van der Waals surface area contributed by atoms with Crippen molar-refractivity contribution >= 4 is 11.9 Å². The normalized spacial score (nSPS) is 12.0. The molecule has 5 nitrogen and oxygen atoms in total. The summed E-state index contributed by atoms with van der Waals surface area (Å²) in [4.78, 5) is 27.8. The molecule has 1 heterocycles. The monoisotopic (exact) mass is 451 g/mol.